The van der Waals surface area contributed by atoms with Crippen LogP contribution in [0, 0.1) is 11.8 Å². The minimum absolute atomic E-state index is 0.124. The lowest BCUT2D eigenvalue weighted by Crippen LogP contribution is -2.31. The van der Waals surface area contributed by atoms with E-state index in [0.29, 0.717) is 11.4 Å². The van der Waals surface area contributed by atoms with E-state index < -0.39 is 18.4 Å². The molecule has 2 N–H and O–H groups in total. The quantitative estimate of drug-likeness (QED) is 0.374. The highest BCUT2D eigenvalue weighted by Gasteiger charge is 2.37. The third-order valence-electron chi connectivity index (χ3n) is 5.16. The summed E-state index contributed by atoms with van der Waals surface area (Å²) in [6.07, 6.45) is -6.89. The van der Waals surface area contributed by atoms with Gasteiger partial charge in [0.05, 0.1) is 17.1 Å². The van der Waals surface area contributed by atoms with Gasteiger partial charge in [0.1, 0.15) is 5.75 Å². The molecule has 2 unspecified atom stereocenters. The van der Waals surface area contributed by atoms with Crippen molar-refractivity contribution < 1.29 is 23.0 Å². The predicted molar refractivity (Wildman–Crippen MR) is 121 cm³/mol. The van der Waals surface area contributed by atoms with Crippen LogP contribution >= 0.6 is 0 Å². The van der Waals surface area contributed by atoms with Crippen LogP contribution in [0.25, 0.3) is 22.2 Å². The number of fused-ring (bicyclic) bond motifs is 1. The molecule has 33 heavy (non-hydrogen) atoms. The summed E-state index contributed by atoms with van der Waals surface area (Å²) in [4.78, 5) is 7.66. The van der Waals surface area contributed by atoms with Crippen LogP contribution in [-0.2, 0) is 0 Å². The Bertz CT molecular complexity index is 1330. The Labute approximate surface area is 189 Å². The normalized spacial score (nSPS) is 13.3. The van der Waals surface area contributed by atoms with Gasteiger partial charge in [-0.05, 0) is 72.9 Å². The van der Waals surface area contributed by atoms with E-state index >= 15 is 0 Å². The number of hydrogen-bond acceptors (Lipinski definition) is 3. The Morgan fingerprint density at radius 3 is 2.39 bits per heavy atom. The zero-order chi connectivity index (χ0) is 23.6. The second-order valence-corrected chi connectivity index (χ2v) is 7.66. The maximum Gasteiger partial charge on any atom is 0.425 e. The number of aliphatic hydroxyl groups excluding tert-OH is 1. The Balaban J connectivity index is 1.54. The highest BCUT2D eigenvalue weighted by Crippen LogP contribution is 2.30. The summed E-state index contributed by atoms with van der Waals surface area (Å²) in [6.45, 7) is 2.69. The van der Waals surface area contributed by atoms with Crippen molar-refractivity contribution >= 4 is 11.0 Å². The van der Waals surface area contributed by atoms with Gasteiger partial charge in [-0.2, -0.15) is 13.2 Å². The molecule has 1 heterocycles. The average molecular weight is 450 g/mol. The van der Waals surface area contributed by atoms with Crippen LogP contribution in [0.2, 0.25) is 0 Å². The number of aliphatic hydroxyl groups is 1. The van der Waals surface area contributed by atoms with Crippen LogP contribution in [0.5, 0.6) is 5.75 Å². The van der Waals surface area contributed by atoms with E-state index in [1.54, 1.807) is 19.1 Å². The highest BCUT2D eigenvalue weighted by molar-refractivity contribution is 5.83. The number of benzene rings is 3. The SMILES string of the molecule is CC(O)c1ccccc1-c1ccc2nc(C#Cc3ccc(OC(C)C(F)(F)F)cc3)[nH]c2c1. The van der Waals surface area contributed by atoms with Crippen LogP contribution in [0.1, 0.15) is 36.9 Å². The first-order valence-corrected chi connectivity index (χ1v) is 10.3. The van der Waals surface area contributed by atoms with E-state index in [1.807, 2.05) is 42.5 Å². The predicted octanol–water partition coefficient (Wildman–Crippen LogP) is 6.01. The third kappa shape index (κ3) is 5.18. The highest BCUT2D eigenvalue weighted by atomic mass is 19.4. The molecule has 3 aromatic carbocycles. The minimum Gasteiger partial charge on any atom is -0.481 e. The number of rotatable bonds is 4. The molecular formula is C26H21F3N2O2. The summed E-state index contributed by atoms with van der Waals surface area (Å²) in [6, 6.07) is 19.6. The number of aromatic nitrogens is 2. The second kappa shape index (κ2) is 9.00. The Morgan fingerprint density at radius 1 is 0.970 bits per heavy atom. The van der Waals surface area contributed by atoms with Gasteiger partial charge < -0.3 is 14.8 Å². The molecule has 0 aliphatic rings. The van der Waals surface area contributed by atoms with Crippen molar-refractivity contribution in [2.75, 3.05) is 0 Å². The first-order valence-electron chi connectivity index (χ1n) is 10.3. The molecule has 0 saturated heterocycles. The zero-order valence-electron chi connectivity index (χ0n) is 17.9. The number of halogens is 3. The third-order valence-corrected chi connectivity index (χ3v) is 5.16. The number of hydrogen-bond donors (Lipinski definition) is 2. The van der Waals surface area contributed by atoms with Gasteiger partial charge in [-0.3, -0.25) is 0 Å². The van der Waals surface area contributed by atoms with Gasteiger partial charge in [0.15, 0.2) is 11.9 Å². The summed E-state index contributed by atoms with van der Waals surface area (Å²) in [5.74, 6) is 6.49. The molecule has 4 nitrogen and oxygen atoms in total. The molecule has 0 bridgehead atoms. The number of H-pyrrole nitrogens is 1. The van der Waals surface area contributed by atoms with Crippen LogP contribution in [0.3, 0.4) is 0 Å². The van der Waals surface area contributed by atoms with Crippen LogP contribution in [0.15, 0.2) is 66.7 Å². The van der Waals surface area contributed by atoms with Gasteiger partial charge in [-0.15, -0.1) is 0 Å². The molecule has 0 radical (unpaired) electrons. The molecule has 4 aromatic rings. The van der Waals surface area contributed by atoms with E-state index in [1.165, 1.54) is 12.1 Å². The largest absolute Gasteiger partial charge is 0.481 e. The first-order chi connectivity index (χ1) is 15.7. The lowest BCUT2D eigenvalue weighted by Gasteiger charge is -2.17. The fourth-order valence-corrected chi connectivity index (χ4v) is 3.38. The van der Waals surface area contributed by atoms with E-state index in [0.717, 1.165) is 34.6 Å². The van der Waals surface area contributed by atoms with Crippen molar-refractivity contribution in [2.24, 2.45) is 0 Å². The topological polar surface area (TPSA) is 58.1 Å². The van der Waals surface area contributed by atoms with Gasteiger partial charge in [0, 0.05) is 5.56 Å². The van der Waals surface area contributed by atoms with E-state index in [-0.39, 0.29) is 5.75 Å². The molecule has 0 fully saturated rings. The molecule has 7 heteroatoms. The second-order valence-electron chi connectivity index (χ2n) is 7.66. The summed E-state index contributed by atoms with van der Waals surface area (Å²) in [7, 11) is 0. The molecule has 0 aliphatic heterocycles. The van der Waals surface area contributed by atoms with Gasteiger partial charge in [0.2, 0.25) is 0 Å². The van der Waals surface area contributed by atoms with Gasteiger partial charge in [0.25, 0.3) is 0 Å². The monoisotopic (exact) mass is 450 g/mol. The number of aromatic amines is 1. The van der Waals surface area contributed by atoms with Crippen molar-refractivity contribution in [3.05, 3.63) is 83.7 Å². The van der Waals surface area contributed by atoms with Crippen molar-refractivity contribution in [3.8, 4) is 28.7 Å². The number of nitrogens with zero attached hydrogens (tertiary/aromatic N) is 1. The molecular weight excluding hydrogens is 429 g/mol. The van der Waals surface area contributed by atoms with E-state index in [4.69, 9.17) is 4.74 Å². The summed E-state index contributed by atoms with van der Waals surface area (Å²) >= 11 is 0. The molecule has 2 atom stereocenters. The molecule has 168 valence electrons. The summed E-state index contributed by atoms with van der Waals surface area (Å²) < 4.78 is 42.8. The van der Waals surface area contributed by atoms with Crippen LogP contribution < -0.4 is 4.74 Å². The van der Waals surface area contributed by atoms with E-state index in [9.17, 15) is 18.3 Å². The Morgan fingerprint density at radius 2 is 1.70 bits per heavy atom. The fraction of sp³-hybridized carbons (Fsp3) is 0.192. The maximum absolute atomic E-state index is 12.6. The zero-order valence-corrected chi connectivity index (χ0v) is 17.9. The number of ether oxygens (including phenoxy) is 1. The summed E-state index contributed by atoms with van der Waals surface area (Å²) in [5, 5.41) is 10.1. The number of imidazole rings is 1. The molecule has 0 spiro atoms. The molecule has 4 rings (SSSR count). The van der Waals surface area contributed by atoms with Crippen molar-refractivity contribution in [2.45, 2.75) is 32.2 Å². The maximum atomic E-state index is 12.6. The lowest BCUT2D eigenvalue weighted by molar-refractivity contribution is -0.189. The van der Waals surface area contributed by atoms with Crippen LogP contribution in [0.4, 0.5) is 13.2 Å². The molecule has 0 amide bonds. The van der Waals surface area contributed by atoms with Crippen molar-refractivity contribution in [1.82, 2.24) is 9.97 Å². The van der Waals surface area contributed by atoms with Crippen LogP contribution in [-0.4, -0.2) is 27.4 Å². The fourth-order valence-electron chi connectivity index (χ4n) is 3.38. The number of alkyl halides is 3. The first kappa shape index (κ1) is 22.4. The van der Waals surface area contributed by atoms with Crippen molar-refractivity contribution in [1.29, 1.82) is 0 Å². The lowest BCUT2D eigenvalue weighted by atomic mass is 9.96. The average Bonchev–Trinajstić information content (AvgIpc) is 3.20. The molecule has 0 saturated carbocycles. The standard InChI is InChI=1S/C26H21F3N2O2/c1-16(32)21-5-3-4-6-22(21)19-10-13-23-24(15-19)31-25(30-23)14-9-18-7-11-20(12-8-18)33-17(2)26(27,28)29/h3-8,10-13,15-17,32H,1-2H3,(H,30,31). The minimum atomic E-state index is -4.42. The van der Waals surface area contributed by atoms with E-state index in [2.05, 4.69) is 21.8 Å². The Kier molecular flexibility index (Phi) is 6.12. The van der Waals surface area contributed by atoms with Crippen molar-refractivity contribution in [3.63, 3.8) is 0 Å². The molecule has 1 aromatic heterocycles. The smallest absolute Gasteiger partial charge is 0.425 e. The molecule has 0 aliphatic carbocycles. The van der Waals surface area contributed by atoms with Gasteiger partial charge in [-0.1, -0.05) is 36.3 Å². The Hall–Kier alpha value is -3.76. The summed E-state index contributed by atoms with van der Waals surface area (Å²) in [5.41, 5.74) is 4.91. The number of nitrogens with one attached hydrogen (secondary N) is 1. The van der Waals surface area contributed by atoms with Gasteiger partial charge in [-0.25, -0.2) is 4.98 Å². The van der Waals surface area contributed by atoms with Gasteiger partial charge >= 0.3 is 6.18 Å².